The van der Waals surface area contributed by atoms with Crippen molar-refractivity contribution in [2.45, 2.75) is 40.0 Å². The molecule has 0 atom stereocenters. The molecule has 2 heteroatoms. The number of hydrogen-bond donors (Lipinski definition) is 2. The van der Waals surface area contributed by atoms with Crippen LogP contribution < -0.4 is 5.32 Å². The third-order valence-corrected chi connectivity index (χ3v) is 2.22. The zero-order valence-corrected chi connectivity index (χ0v) is 9.69. The predicted octanol–water partition coefficient (Wildman–Crippen LogP) is 1.79. The molecule has 0 bridgehead atoms. The van der Waals surface area contributed by atoms with E-state index in [9.17, 15) is 0 Å². The van der Waals surface area contributed by atoms with Gasteiger partial charge in [-0.1, -0.05) is 13.8 Å². The first-order valence-corrected chi connectivity index (χ1v) is 5.33. The van der Waals surface area contributed by atoms with Crippen molar-refractivity contribution in [3.8, 4) is 11.8 Å². The predicted molar refractivity (Wildman–Crippen MR) is 61.0 cm³/mol. The van der Waals surface area contributed by atoms with Crippen LogP contribution in [0.25, 0.3) is 0 Å². The summed E-state index contributed by atoms with van der Waals surface area (Å²) in [6.07, 6.45) is 2.88. The summed E-state index contributed by atoms with van der Waals surface area (Å²) < 4.78 is 0. The largest absolute Gasteiger partial charge is 0.396 e. The number of hydrogen-bond acceptors (Lipinski definition) is 2. The lowest BCUT2D eigenvalue weighted by Gasteiger charge is -2.24. The molecular formula is C12H23NO. The SMILES string of the molecule is CC#CCCNCC(C)(C)CCCO. The topological polar surface area (TPSA) is 32.3 Å². The van der Waals surface area contributed by atoms with Gasteiger partial charge < -0.3 is 10.4 Å². The van der Waals surface area contributed by atoms with Crippen molar-refractivity contribution in [1.82, 2.24) is 5.32 Å². The summed E-state index contributed by atoms with van der Waals surface area (Å²) in [4.78, 5) is 0. The summed E-state index contributed by atoms with van der Waals surface area (Å²) in [7, 11) is 0. The van der Waals surface area contributed by atoms with E-state index in [1.807, 2.05) is 6.92 Å². The molecule has 0 aliphatic carbocycles. The van der Waals surface area contributed by atoms with Crippen LogP contribution >= 0.6 is 0 Å². The Morgan fingerprint density at radius 3 is 2.64 bits per heavy atom. The fraction of sp³-hybridized carbons (Fsp3) is 0.833. The highest BCUT2D eigenvalue weighted by Gasteiger charge is 2.15. The van der Waals surface area contributed by atoms with Gasteiger partial charge in [-0.15, -0.1) is 11.8 Å². The Morgan fingerprint density at radius 1 is 1.36 bits per heavy atom. The van der Waals surface area contributed by atoms with E-state index < -0.39 is 0 Å². The third kappa shape index (κ3) is 8.10. The summed E-state index contributed by atoms with van der Waals surface area (Å²) in [5.74, 6) is 5.90. The summed E-state index contributed by atoms with van der Waals surface area (Å²) >= 11 is 0. The lowest BCUT2D eigenvalue weighted by Crippen LogP contribution is -2.30. The van der Waals surface area contributed by atoms with Crippen LogP contribution in [0.3, 0.4) is 0 Å². The normalized spacial score (nSPS) is 10.9. The highest BCUT2D eigenvalue weighted by molar-refractivity contribution is 4.95. The second-order valence-electron chi connectivity index (χ2n) is 4.34. The molecule has 2 nitrogen and oxygen atoms in total. The third-order valence-electron chi connectivity index (χ3n) is 2.22. The number of aliphatic hydroxyl groups excluding tert-OH is 1. The maximum atomic E-state index is 8.73. The lowest BCUT2D eigenvalue weighted by atomic mass is 9.88. The van der Waals surface area contributed by atoms with Gasteiger partial charge in [0.05, 0.1) is 0 Å². The van der Waals surface area contributed by atoms with Crippen LogP contribution in [0, 0.1) is 17.3 Å². The molecule has 0 radical (unpaired) electrons. The highest BCUT2D eigenvalue weighted by Crippen LogP contribution is 2.20. The van der Waals surface area contributed by atoms with E-state index in [4.69, 9.17) is 5.11 Å². The summed E-state index contributed by atoms with van der Waals surface area (Å²) in [6, 6.07) is 0. The summed E-state index contributed by atoms with van der Waals surface area (Å²) in [5, 5.41) is 12.1. The molecular weight excluding hydrogens is 174 g/mol. The van der Waals surface area contributed by atoms with Crippen LogP contribution in [0.2, 0.25) is 0 Å². The van der Waals surface area contributed by atoms with Gasteiger partial charge in [0.1, 0.15) is 0 Å². The number of aliphatic hydroxyl groups is 1. The van der Waals surface area contributed by atoms with Gasteiger partial charge in [-0.2, -0.15) is 0 Å². The molecule has 0 heterocycles. The van der Waals surface area contributed by atoms with E-state index in [1.165, 1.54) is 0 Å². The quantitative estimate of drug-likeness (QED) is 0.482. The van der Waals surface area contributed by atoms with Crippen molar-refractivity contribution < 1.29 is 5.11 Å². The Hall–Kier alpha value is -0.520. The van der Waals surface area contributed by atoms with Gasteiger partial charge in [0.25, 0.3) is 0 Å². The van der Waals surface area contributed by atoms with Crippen molar-refractivity contribution >= 4 is 0 Å². The maximum absolute atomic E-state index is 8.73. The average molecular weight is 197 g/mol. The van der Waals surface area contributed by atoms with Gasteiger partial charge in [-0.05, 0) is 25.2 Å². The van der Waals surface area contributed by atoms with Crippen LogP contribution in [0.5, 0.6) is 0 Å². The standard InChI is InChI=1S/C12H23NO/c1-4-5-6-9-13-11-12(2,3)8-7-10-14/h13-14H,6-11H2,1-3H3. The Kier molecular flexibility index (Phi) is 7.55. The van der Waals surface area contributed by atoms with Crippen LogP contribution in [0.15, 0.2) is 0 Å². The van der Waals surface area contributed by atoms with Crippen molar-refractivity contribution in [2.75, 3.05) is 19.7 Å². The molecule has 0 aromatic heterocycles. The van der Waals surface area contributed by atoms with Gasteiger partial charge in [0, 0.05) is 26.1 Å². The first-order chi connectivity index (χ1) is 6.62. The van der Waals surface area contributed by atoms with Crippen LogP contribution in [-0.4, -0.2) is 24.8 Å². The van der Waals surface area contributed by atoms with Crippen LogP contribution in [0.1, 0.15) is 40.0 Å². The zero-order chi connectivity index (χ0) is 10.9. The molecule has 0 fully saturated rings. The van der Waals surface area contributed by atoms with E-state index in [0.29, 0.717) is 6.61 Å². The van der Waals surface area contributed by atoms with E-state index >= 15 is 0 Å². The van der Waals surface area contributed by atoms with Crippen molar-refractivity contribution in [3.63, 3.8) is 0 Å². The maximum Gasteiger partial charge on any atom is 0.0431 e. The Labute approximate surface area is 88.1 Å². The molecule has 0 saturated heterocycles. The first kappa shape index (κ1) is 13.5. The molecule has 82 valence electrons. The van der Waals surface area contributed by atoms with E-state index in [-0.39, 0.29) is 5.41 Å². The molecule has 0 amide bonds. The molecule has 0 aromatic rings. The molecule has 0 spiro atoms. The van der Waals surface area contributed by atoms with E-state index in [0.717, 1.165) is 32.4 Å². The molecule has 2 N–H and O–H groups in total. The fourth-order valence-electron chi connectivity index (χ4n) is 1.35. The lowest BCUT2D eigenvalue weighted by molar-refractivity contribution is 0.237. The minimum absolute atomic E-state index is 0.280. The first-order valence-electron chi connectivity index (χ1n) is 5.33. The van der Waals surface area contributed by atoms with Crippen molar-refractivity contribution in [2.24, 2.45) is 5.41 Å². The van der Waals surface area contributed by atoms with Gasteiger partial charge in [-0.25, -0.2) is 0 Å². The zero-order valence-electron chi connectivity index (χ0n) is 9.69. The Bertz CT molecular complexity index is 188. The van der Waals surface area contributed by atoms with Gasteiger partial charge in [0.2, 0.25) is 0 Å². The number of nitrogens with one attached hydrogen (secondary N) is 1. The molecule has 14 heavy (non-hydrogen) atoms. The van der Waals surface area contributed by atoms with Crippen LogP contribution in [0.4, 0.5) is 0 Å². The second-order valence-corrected chi connectivity index (χ2v) is 4.34. The summed E-state index contributed by atoms with van der Waals surface area (Å²) in [5.41, 5.74) is 0.280. The van der Waals surface area contributed by atoms with Crippen molar-refractivity contribution in [3.05, 3.63) is 0 Å². The molecule has 0 saturated carbocycles. The minimum Gasteiger partial charge on any atom is -0.396 e. The Balaban J connectivity index is 3.47. The van der Waals surface area contributed by atoms with E-state index in [2.05, 4.69) is 31.0 Å². The van der Waals surface area contributed by atoms with Gasteiger partial charge >= 0.3 is 0 Å². The minimum atomic E-state index is 0.280. The summed E-state index contributed by atoms with van der Waals surface area (Å²) in [6.45, 7) is 8.57. The van der Waals surface area contributed by atoms with Crippen LogP contribution in [-0.2, 0) is 0 Å². The highest BCUT2D eigenvalue weighted by atomic mass is 16.2. The molecule has 0 unspecified atom stereocenters. The van der Waals surface area contributed by atoms with E-state index in [1.54, 1.807) is 0 Å². The van der Waals surface area contributed by atoms with Gasteiger partial charge in [0.15, 0.2) is 0 Å². The molecule has 0 aliphatic heterocycles. The second kappa shape index (κ2) is 7.84. The molecule has 0 rings (SSSR count). The smallest absolute Gasteiger partial charge is 0.0431 e. The van der Waals surface area contributed by atoms with Crippen molar-refractivity contribution in [1.29, 1.82) is 0 Å². The monoisotopic (exact) mass is 197 g/mol. The average Bonchev–Trinajstić information content (AvgIpc) is 2.15. The fourth-order valence-corrected chi connectivity index (χ4v) is 1.35. The van der Waals surface area contributed by atoms with Gasteiger partial charge in [-0.3, -0.25) is 0 Å². The molecule has 0 aromatic carbocycles. The number of rotatable bonds is 7. The Morgan fingerprint density at radius 2 is 2.07 bits per heavy atom. The molecule has 0 aliphatic rings.